The third kappa shape index (κ3) is 4.38. The lowest BCUT2D eigenvalue weighted by molar-refractivity contribution is -0.141. The molecule has 3 aliphatic heterocycles. The molecule has 1 aromatic carbocycles. The molecule has 2 amide bonds. The number of fused-ring (bicyclic) bond motifs is 1. The molecule has 4 rings (SSSR count). The van der Waals surface area contributed by atoms with Gasteiger partial charge >= 0.3 is 0 Å². The number of carbonyl (C=O) groups excluding carboxylic acids is 2. The number of hydrogen-bond acceptors (Lipinski definition) is 5. The maximum atomic E-state index is 13.5. The average molecular weight is 415 g/mol. The molecule has 3 heterocycles. The molecule has 30 heavy (non-hydrogen) atoms. The second-order valence-electron chi connectivity index (χ2n) is 8.99. The second-order valence-corrected chi connectivity index (χ2v) is 8.99. The van der Waals surface area contributed by atoms with Gasteiger partial charge in [-0.05, 0) is 37.3 Å². The molecule has 3 atom stereocenters. The van der Waals surface area contributed by atoms with E-state index in [-0.39, 0.29) is 29.7 Å². The largest absolute Gasteiger partial charge is 0.385 e. The van der Waals surface area contributed by atoms with Gasteiger partial charge in [0.15, 0.2) is 0 Å². The summed E-state index contributed by atoms with van der Waals surface area (Å²) in [5.74, 6) is 0.520. The van der Waals surface area contributed by atoms with Crippen LogP contribution >= 0.6 is 0 Å². The van der Waals surface area contributed by atoms with E-state index in [1.807, 2.05) is 35.2 Å². The fraction of sp³-hybridized carbons (Fsp3) is 0.652. The Hall–Kier alpha value is -1.96. The summed E-state index contributed by atoms with van der Waals surface area (Å²) in [5.41, 5.74) is 4.24. The molecule has 0 spiro atoms. The number of nitrogens with one attached hydrogen (secondary N) is 1. The quantitative estimate of drug-likeness (QED) is 0.719. The third-order valence-corrected chi connectivity index (χ3v) is 6.84. The van der Waals surface area contributed by atoms with Crippen LogP contribution in [-0.2, 0) is 14.3 Å². The van der Waals surface area contributed by atoms with Gasteiger partial charge < -0.3 is 14.5 Å². The Kier molecular flexibility index (Phi) is 6.71. The van der Waals surface area contributed by atoms with Crippen molar-refractivity contribution in [1.29, 1.82) is 0 Å². The fourth-order valence-corrected chi connectivity index (χ4v) is 5.02. The topological polar surface area (TPSA) is 65.1 Å². The molecule has 0 aliphatic carbocycles. The normalized spacial score (nSPS) is 28.1. The van der Waals surface area contributed by atoms with Crippen molar-refractivity contribution in [2.75, 3.05) is 51.4 Å². The molecule has 0 saturated carbocycles. The van der Waals surface area contributed by atoms with Crippen LogP contribution in [0, 0.1) is 17.8 Å². The van der Waals surface area contributed by atoms with E-state index in [4.69, 9.17) is 4.74 Å². The predicted molar refractivity (Wildman–Crippen MR) is 116 cm³/mol. The smallest absolute Gasteiger partial charge is 0.247 e. The maximum Gasteiger partial charge on any atom is 0.247 e. The molecule has 0 aromatic heterocycles. The van der Waals surface area contributed by atoms with E-state index in [1.54, 1.807) is 12.1 Å². The highest BCUT2D eigenvalue weighted by molar-refractivity contribution is 5.98. The van der Waals surface area contributed by atoms with Crippen LogP contribution in [0.4, 0.5) is 5.69 Å². The van der Waals surface area contributed by atoms with Crippen molar-refractivity contribution in [1.82, 2.24) is 15.2 Å². The summed E-state index contributed by atoms with van der Waals surface area (Å²) in [6, 6.07) is 9.52. The number of nitrogens with zero attached hydrogens (tertiary/aromatic N) is 3. The van der Waals surface area contributed by atoms with Crippen molar-refractivity contribution in [2.45, 2.75) is 32.2 Å². The standard InChI is InChI=1S/C23H34N4O3/c1-17-9-12-26(13-10-17)22(28)19-15-25(11-6-14-30-2)16-20-21(19)24-27(23(20)29)18-7-4-3-5-8-18/h3-5,7-8,17,19-21,24H,6,9-16H2,1-2H3. The summed E-state index contributed by atoms with van der Waals surface area (Å²) in [7, 11) is 1.71. The number of hydrogen-bond donors (Lipinski definition) is 1. The Balaban J connectivity index is 1.54. The van der Waals surface area contributed by atoms with Gasteiger partial charge in [-0.3, -0.25) is 9.59 Å². The van der Waals surface area contributed by atoms with Crippen LogP contribution in [-0.4, -0.2) is 74.1 Å². The summed E-state index contributed by atoms with van der Waals surface area (Å²) in [6.07, 6.45) is 3.03. The lowest BCUT2D eigenvalue weighted by Gasteiger charge is -2.41. The molecule has 1 N–H and O–H groups in total. The Morgan fingerprint density at radius 3 is 2.60 bits per heavy atom. The van der Waals surface area contributed by atoms with Gasteiger partial charge in [-0.2, -0.15) is 0 Å². The molecule has 164 valence electrons. The van der Waals surface area contributed by atoms with Crippen molar-refractivity contribution in [3.63, 3.8) is 0 Å². The predicted octanol–water partition coefficient (Wildman–Crippen LogP) is 1.75. The lowest BCUT2D eigenvalue weighted by Crippen LogP contribution is -2.58. The van der Waals surface area contributed by atoms with E-state index in [1.165, 1.54) is 0 Å². The summed E-state index contributed by atoms with van der Waals surface area (Å²) in [5, 5.41) is 1.66. The monoisotopic (exact) mass is 414 g/mol. The highest BCUT2D eigenvalue weighted by Crippen LogP contribution is 2.33. The first-order valence-corrected chi connectivity index (χ1v) is 11.2. The Labute approximate surface area is 179 Å². The molecule has 1 aromatic rings. The highest BCUT2D eigenvalue weighted by Gasteiger charge is 2.51. The number of methoxy groups -OCH3 is 1. The van der Waals surface area contributed by atoms with E-state index in [2.05, 4.69) is 17.2 Å². The number of hydrazine groups is 1. The molecule has 7 nitrogen and oxygen atoms in total. The van der Waals surface area contributed by atoms with E-state index >= 15 is 0 Å². The summed E-state index contributed by atoms with van der Waals surface area (Å²) < 4.78 is 5.21. The number of carbonyl (C=O) groups is 2. The molecule has 3 unspecified atom stereocenters. The van der Waals surface area contributed by atoms with Gasteiger partial charge in [-0.15, -0.1) is 0 Å². The van der Waals surface area contributed by atoms with Gasteiger partial charge in [0, 0.05) is 46.4 Å². The molecule has 0 radical (unpaired) electrons. The zero-order valence-electron chi connectivity index (χ0n) is 18.1. The Morgan fingerprint density at radius 1 is 1.17 bits per heavy atom. The van der Waals surface area contributed by atoms with Crippen LogP contribution in [0.15, 0.2) is 30.3 Å². The van der Waals surface area contributed by atoms with Gasteiger partial charge in [-0.25, -0.2) is 10.4 Å². The highest BCUT2D eigenvalue weighted by atomic mass is 16.5. The molecular weight excluding hydrogens is 380 g/mol. The third-order valence-electron chi connectivity index (χ3n) is 6.84. The average Bonchev–Trinajstić information content (AvgIpc) is 3.11. The number of ether oxygens (including phenoxy) is 1. The van der Waals surface area contributed by atoms with Gasteiger partial charge in [0.2, 0.25) is 11.8 Å². The van der Waals surface area contributed by atoms with Crippen LogP contribution in [0.5, 0.6) is 0 Å². The first-order valence-electron chi connectivity index (χ1n) is 11.2. The van der Waals surface area contributed by atoms with Crippen LogP contribution in [0.1, 0.15) is 26.2 Å². The number of rotatable bonds is 6. The molecule has 3 fully saturated rings. The summed E-state index contributed by atoms with van der Waals surface area (Å²) in [6.45, 7) is 6.82. The van der Waals surface area contributed by atoms with E-state index < -0.39 is 0 Å². The summed E-state index contributed by atoms with van der Waals surface area (Å²) in [4.78, 5) is 31.1. The van der Waals surface area contributed by atoms with Crippen molar-refractivity contribution < 1.29 is 14.3 Å². The number of anilines is 1. The molecule has 3 aliphatic rings. The van der Waals surface area contributed by atoms with Crippen LogP contribution < -0.4 is 10.4 Å². The minimum Gasteiger partial charge on any atom is -0.385 e. The van der Waals surface area contributed by atoms with Gasteiger partial charge in [0.05, 0.1) is 23.6 Å². The fourth-order valence-electron chi connectivity index (χ4n) is 5.02. The number of amides is 2. The minimum absolute atomic E-state index is 0.0627. The zero-order chi connectivity index (χ0) is 21.1. The minimum atomic E-state index is -0.211. The summed E-state index contributed by atoms with van der Waals surface area (Å²) >= 11 is 0. The van der Waals surface area contributed by atoms with Gasteiger partial charge in [0.25, 0.3) is 0 Å². The number of piperidine rings is 2. The second kappa shape index (κ2) is 9.45. The first kappa shape index (κ1) is 21.3. The van der Waals surface area contributed by atoms with Crippen LogP contribution in [0.3, 0.4) is 0 Å². The van der Waals surface area contributed by atoms with E-state index in [0.717, 1.165) is 44.6 Å². The molecule has 7 heteroatoms. The zero-order valence-corrected chi connectivity index (χ0v) is 18.1. The maximum absolute atomic E-state index is 13.5. The SMILES string of the molecule is COCCCN1CC(C(=O)N2CCC(C)CC2)C2NN(c3ccccc3)C(=O)C2C1. The first-order chi connectivity index (χ1) is 14.6. The van der Waals surface area contributed by atoms with Crippen molar-refractivity contribution >= 4 is 17.5 Å². The number of likely N-dealkylation sites (tertiary alicyclic amines) is 2. The molecular formula is C23H34N4O3. The van der Waals surface area contributed by atoms with Gasteiger partial charge in [-0.1, -0.05) is 25.1 Å². The molecule has 0 bridgehead atoms. The van der Waals surface area contributed by atoms with E-state index in [9.17, 15) is 9.59 Å². The van der Waals surface area contributed by atoms with Crippen LogP contribution in [0.2, 0.25) is 0 Å². The Morgan fingerprint density at radius 2 is 1.90 bits per heavy atom. The lowest BCUT2D eigenvalue weighted by atomic mass is 9.83. The number of para-hydroxylation sites is 1. The van der Waals surface area contributed by atoms with Crippen molar-refractivity contribution in [3.05, 3.63) is 30.3 Å². The van der Waals surface area contributed by atoms with Crippen molar-refractivity contribution in [3.8, 4) is 0 Å². The Bertz CT molecular complexity index is 735. The number of benzene rings is 1. The van der Waals surface area contributed by atoms with Gasteiger partial charge in [0.1, 0.15) is 0 Å². The van der Waals surface area contributed by atoms with E-state index in [0.29, 0.717) is 25.6 Å². The van der Waals surface area contributed by atoms with Crippen molar-refractivity contribution in [2.24, 2.45) is 17.8 Å². The molecule has 3 saturated heterocycles. The van der Waals surface area contributed by atoms with Crippen LogP contribution in [0.25, 0.3) is 0 Å².